The van der Waals surface area contributed by atoms with Crippen molar-refractivity contribution in [2.24, 2.45) is 0 Å². The van der Waals surface area contributed by atoms with E-state index in [9.17, 15) is 4.79 Å². The Balaban J connectivity index is 2.69. The van der Waals surface area contributed by atoms with Crippen LogP contribution in [0.3, 0.4) is 0 Å². The Morgan fingerprint density at radius 2 is 2.20 bits per heavy atom. The maximum absolute atomic E-state index is 10.6. The minimum atomic E-state index is 0.202. The normalized spacial score (nSPS) is 11.2. The van der Waals surface area contributed by atoms with Gasteiger partial charge in [0.25, 0.3) is 0 Å². The molecule has 3 nitrogen and oxygen atoms in total. The zero-order chi connectivity index (χ0) is 11.0. The van der Waals surface area contributed by atoms with Crippen molar-refractivity contribution in [1.82, 2.24) is 4.98 Å². The Morgan fingerprint density at radius 3 is 2.80 bits per heavy atom. The smallest absolute Gasteiger partial charge is 0.198 e. The first-order valence-electron chi connectivity index (χ1n) is 4.67. The van der Waals surface area contributed by atoms with Gasteiger partial charge in [0.2, 0.25) is 0 Å². The molecule has 0 bridgehead atoms. The summed E-state index contributed by atoms with van der Waals surface area (Å²) >= 11 is 5.97. The Hall–Kier alpha value is -1.35. The lowest BCUT2D eigenvalue weighted by molar-refractivity contribution is 0.112. The molecule has 0 saturated carbocycles. The molecule has 1 aromatic heterocycles. The van der Waals surface area contributed by atoms with Crippen LogP contribution in [-0.4, -0.2) is 11.3 Å². The number of benzene rings is 1. The van der Waals surface area contributed by atoms with Gasteiger partial charge in [0.1, 0.15) is 11.8 Å². The molecule has 0 spiro atoms. The van der Waals surface area contributed by atoms with E-state index in [0.29, 0.717) is 27.6 Å². The summed E-state index contributed by atoms with van der Waals surface area (Å²) in [5.74, 6) is 0.836. The first-order valence-corrected chi connectivity index (χ1v) is 5.04. The van der Waals surface area contributed by atoms with Crippen LogP contribution < -0.4 is 0 Å². The number of carbonyl (C=O) groups excluding carboxylic acids is 1. The molecule has 2 aromatic rings. The van der Waals surface area contributed by atoms with Gasteiger partial charge in [-0.3, -0.25) is 4.79 Å². The van der Waals surface area contributed by atoms with Crippen molar-refractivity contribution in [2.45, 2.75) is 19.8 Å². The molecule has 0 unspecified atom stereocenters. The molecule has 2 rings (SSSR count). The van der Waals surface area contributed by atoms with E-state index in [1.54, 1.807) is 12.1 Å². The quantitative estimate of drug-likeness (QED) is 0.733. The first kappa shape index (κ1) is 10.2. The second-order valence-electron chi connectivity index (χ2n) is 3.68. The molecular weight excluding hydrogens is 214 g/mol. The molecule has 0 saturated heterocycles. The van der Waals surface area contributed by atoms with Crippen LogP contribution in [0, 0.1) is 0 Å². The van der Waals surface area contributed by atoms with Gasteiger partial charge >= 0.3 is 0 Å². The van der Waals surface area contributed by atoms with Crippen LogP contribution in [0.25, 0.3) is 11.1 Å². The fourth-order valence-electron chi connectivity index (χ4n) is 1.34. The molecule has 0 amide bonds. The third-order valence-corrected chi connectivity index (χ3v) is 2.39. The summed E-state index contributed by atoms with van der Waals surface area (Å²) in [7, 11) is 0. The SMILES string of the molecule is CC(C)c1nc2cc(C=O)cc(Cl)c2o1. The highest BCUT2D eigenvalue weighted by atomic mass is 35.5. The second kappa shape index (κ2) is 3.66. The van der Waals surface area contributed by atoms with Crippen LogP contribution in [0.5, 0.6) is 0 Å². The Bertz CT molecular complexity index is 517. The van der Waals surface area contributed by atoms with E-state index < -0.39 is 0 Å². The monoisotopic (exact) mass is 223 g/mol. The molecule has 0 aliphatic carbocycles. The fraction of sp³-hybridized carbons (Fsp3) is 0.273. The largest absolute Gasteiger partial charge is 0.439 e. The van der Waals surface area contributed by atoms with E-state index in [1.165, 1.54) is 0 Å². The third-order valence-electron chi connectivity index (χ3n) is 2.11. The fourth-order valence-corrected chi connectivity index (χ4v) is 1.61. The van der Waals surface area contributed by atoms with Crippen LogP contribution in [-0.2, 0) is 0 Å². The number of rotatable bonds is 2. The number of carbonyl (C=O) groups is 1. The van der Waals surface area contributed by atoms with Crippen molar-refractivity contribution < 1.29 is 9.21 Å². The summed E-state index contributed by atoms with van der Waals surface area (Å²) in [6, 6.07) is 3.25. The van der Waals surface area contributed by atoms with E-state index >= 15 is 0 Å². The van der Waals surface area contributed by atoms with Crippen molar-refractivity contribution in [3.05, 3.63) is 28.6 Å². The summed E-state index contributed by atoms with van der Waals surface area (Å²) in [4.78, 5) is 14.9. The van der Waals surface area contributed by atoms with E-state index in [0.717, 1.165) is 6.29 Å². The zero-order valence-electron chi connectivity index (χ0n) is 8.45. The summed E-state index contributed by atoms with van der Waals surface area (Å²) < 4.78 is 5.50. The van der Waals surface area contributed by atoms with Gasteiger partial charge in [-0.25, -0.2) is 4.98 Å². The maximum Gasteiger partial charge on any atom is 0.198 e. The van der Waals surface area contributed by atoms with Gasteiger partial charge in [-0.2, -0.15) is 0 Å². The molecule has 0 aliphatic heterocycles. The van der Waals surface area contributed by atoms with Crippen LogP contribution in [0.15, 0.2) is 16.5 Å². The average Bonchev–Trinajstić information content (AvgIpc) is 2.61. The lowest BCUT2D eigenvalue weighted by Crippen LogP contribution is -1.85. The molecule has 0 N–H and O–H groups in total. The van der Waals surface area contributed by atoms with Crippen molar-refractivity contribution in [3.8, 4) is 0 Å². The number of aromatic nitrogens is 1. The molecule has 0 aliphatic rings. The molecule has 0 fully saturated rings. The summed E-state index contributed by atoms with van der Waals surface area (Å²) in [5.41, 5.74) is 1.69. The minimum absolute atomic E-state index is 0.202. The maximum atomic E-state index is 10.6. The topological polar surface area (TPSA) is 43.1 Å². The lowest BCUT2D eigenvalue weighted by atomic mass is 10.2. The second-order valence-corrected chi connectivity index (χ2v) is 4.08. The standard InChI is InChI=1S/C11H10ClNO2/c1-6(2)11-13-9-4-7(5-14)3-8(12)10(9)15-11/h3-6H,1-2H3. The summed E-state index contributed by atoms with van der Waals surface area (Å²) in [6.45, 7) is 3.97. The Labute approximate surface area is 92.1 Å². The van der Waals surface area contributed by atoms with Crippen molar-refractivity contribution in [2.75, 3.05) is 0 Å². The van der Waals surface area contributed by atoms with Crippen LogP contribution in [0.4, 0.5) is 0 Å². The summed E-state index contributed by atoms with van der Waals surface area (Å²) in [5, 5.41) is 0.425. The van der Waals surface area contributed by atoms with Crippen molar-refractivity contribution >= 4 is 29.0 Å². The number of oxazole rings is 1. The molecule has 0 radical (unpaired) electrons. The number of nitrogens with zero attached hydrogens (tertiary/aromatic N) is 1. The number of halogens is 1. The molecule has 0 atom stereocenters. The van der Waals surface area contributed by atoms with Crippen molar-refractivity contribution in [3.63, 3.8) is 0 Å². The predicted molar refractivity (Wildman–Crippen MR) is 58.5 cm³/mol. The van der Waals surface area contributed by atoms with Gasteiger partial charge in [-0.1, -0.05) is 25.4 Å². The zero-order valence-corrected chi connectivity index (χ0v) is 9.21. The lowest BCUT2D eigenvalue weighted by Gasteiger charge is -1.94. The van der Waals surface area contributed by atoms with E-state index in [-0.39, 0.29) is 5.92 Å². The van der Waals surface area contributed by atoms with Crippen LogP contribution in [0.1, 0.15) is 36.0 Å². The first-order chi connectivity index (χ1) is 7.11. The molecule has 1 aromatic carbocycles. The van der Waals surface area contributed by atoms with Gasteiger partial charge in [-0.15, -0.1) is 0 Å². The predicted octanol–water partition coefficient (Wildman–Crippen LogP) is 3.42. The molecule has 1 heterocycles. The number of aldehydes is 1. The highest BCUT2D eigenvalue weighted by molar-refractivity contribution is 6.35. The van der Waals surface area contributed by atoms with Gasteiger partial charge in [0, 0.05) is 11.5 Å². The van der Waals surface area contributed by atoms with E-state index in [4.69, 9.17) is 16.0 Å². The van der Waals surface area contributed by atoms with Gasteiger partial charge in [0.15, 0.2) is 11.5 Å². The number of hydrogen-bond donors (Lipinski definition) is 0. The highest BCUT2D eigenvalue weighted by Crippen LogP contribution is 2.28. The molecule has 15 heavy (non-hydrogen) atoms. The molecular formula is C11H10ClNO2. The number of hydrogen-bond acceptors (Lipinski definition) is 3. The van der Waals surface area contributed by atoms with E-state index in [1.807, 2.05) is 13.8 Å². The molecule has 4 heteroatoms. The average molecular weight is 224 g/mol. The Morgan fingerprint density at radius 1 is 1.47 bits per heavy atom. The number of fused-ring (bicyclic) bond motifs is 1. The molecule has 78 valence electrons. The van der Waals surface area contributed by atoms with E-state index in [2.05, 4.69) is 4.98 Å². The third kappa shape index (κ3) is 1.75. The van der Waals surface area contributed by atoms with Crippen LogP contribution in [0.2, 0.25) is 5.02 Å². The highest BCUT2D eigenvalue weighted by Gasteiger charge is 2.12. The van der Waals surface area contributed by atoms with Gasteiger partial charge < -0.3 is 4.42 Å². The van der Waals surface area contributed by atoms with Crippen molar-refractivity contribution in [1.29, 1.82) is 0 Å². The Kier molecular flexibility index (Phi) is 2.49. The van der Waals surface area contributed by atoms with Gasteiger partial charge in [0.05, 0.1) is 5.02 Å². The minimum Gasteiger partial charge on any atom is -0.439 e. The van der Waals surface area contributed by atoms with Gasteiger partial charge in [-0.05, 0) is 12.1 Å². The van der Waals surface area contributed by atoms with Crippen LogP contribution >= 0.6 is 11.6 Å². The summed E-state index contributed by atoms with van der Waals surface area (Å²) in [6.07, 6.45) is 0.745.